The maximum Gasteiger partial charge on any atom is 0.472 e. The van der Waals surface area contributed by atoms with Crippen LogP contribution in [0.3, 0.4) is 0 Å². The molecule has 0 amide bonds. The lowest BCUT2D eigenvalue weighted by atomic mass is 9.99. The highest BCUT2D eigenvalue weighted by Gasteiger charge is 2.30. The summed E-state index contributed by atoms with van der Waals surface area (Å²) in [6.45, 7) is 12.0. The van der Waals surface area contributed by atoms with Crippen molar-refractivity contribution < 1.29 is 80.2 Å². The molecule has 0 aliphatic heterocycles. The van der Waals surface area contributed by atoms with Crippen molar-refractivity contribution in [3.8, 4) is 0 Å². The summed E-state index contributed by atoms with van der Waals surface area (Å²) in [4.78, 5) is 73.2. The number of hydrogen-bond donors (Lipinski definition) is 3. The zero-order valence-electron chi connectivity index (χ0n) is 68.5. The Morgan fingerprint density at radius 3 is 0.731 bits per heavy atom. The topological polar surface area (TPSA) is 237 Å². The van der Waals surface area contributed by atoms with Crippen molar-refractivity contribution in [3.05, 3.63) is 0 Å². The summed E-state index contributed by atoms with van der Waals surface area (Å²) in [7, 11) is -9.93. The molecule has 0 radical (unpaired) electrons. The minimum Gasteiger partial charge on any atom is -0.462 e. The number of aliphatic hydroxyl groups is 1. The quantitative estimate of drug-likeness (QED) is 0.0222. The standard InChI is InChI=1S/C85H166O17P2/c1-8-11-12-13-14-15-16-17-18-19-20-21-22-23-28-31-34-37-47-54-61-68-84(89)101-80(72-95-82(87)66-59-52-45-36-33-30-27-25-24-26-29-32-35-42-49-56-63-76(4)5)74-99-103(91,92)97-70-79(86)71-98-104(93,94)100-75-81(102-85(90)69-62-55-48-41-39-44-51-58-65-78(7)10-3)73-96-83(88)67-60-53-46-40-38-43-50-57-64-77(6)9-2/h76-81,86H,8-75H2,1-7H3,(H,91,92)(H,93,94)/t77?,78?,79-,80-,81-/m1/s1. The first-order valence-electron chi connectivity index (χ1n) is 43.9. The molecule has 0 saturated carbocycles. The van der Waals surface area contributed by atoms with Crippen molar-refractivity contribution in [1.29, 1.82) is 0 Å². The van der Waals surface area contributed by atoms with E-state index in [2.05, 4.69) is 48.5 Å². The number of phosphoric acid groups is 2. The summed E-state index contributed by atoms with van der Waals surface area (Å²) < 4.78 is 68.8. The van der Waals surface area contributed by atoms with Crippen LogP contribution in [0.15, 0.2) is 0 Å². The van der Waals surface area contributed by atoms with Crippen molar-refractivity contribution >= 4 is 39.5 Å². The van der Waals surface area contributed by atoms with Crippen LogP contribution in [0.4, 0.5) is 0 Å². The van der Waals surface area contributed by atoms with E-state index in [0.717, 1.165) is 108 Å². The Morgan fingerprint density at radius 2 is 0.490 bits per heavy atom. The number of aliphatic hydroxyl groups excluding tert-OH is 1. The fourth-order valence-corrected chi connectivity index (χ4v) is 14.7. The van der Waals surface area contributed by atoms with Gasteiger partial charge in [0.25, 0.3) is 0 Å². The first-order chi connectivity index (χ1) is 50.3. The predicted octanol–water partition coefficient (Wildman–Crippen LogP) is 25.7. The Hall–Kier alpha value is -1.94. The molecule has 0 bridgehead atoms. The SMILES string of the molecule is CCCCCCCCCCCCCCCCCCCCCCCC(=O)O[C@H](COC(=O)CCCCCCCCCCCCCCCCCCC(C)C)COP(=O)(O)OC[C@@H](O)COP(=O)(O)OC[C@@H](COC(=O)CCCCCCCCCCC(C)CC)OC(=O)CCCCCCCCCCC(C)CC. The highest BCUT2D eigenvalue weighted by Crippen LogP contribution is 2.45. The van der Waals surface area contributed by atoms with Crippen LogP contribution in [0.2, 0.25) is 0 Å². The Bertz CT molecular complexity index is 2010. The number of hydrogen-bond acceptors (Lipinski definition) is 15. The zero-order valence-corrected chi connectivity index (χ0v) is 70.3. The van der Waals surface area contributed by atoms with E-state index in [1.54, 1.807) is 0 Å². The maximum absolute atomic E-state index is 13.1. The van der Waals surface area contributed by atoms with Crippen molar-refractivity contribution in [2.45, 2.75) is 465 Å². The third kappa shape index (κ3) is 75.5. The van der Waals surface area contributed by atoms with Crippen LogP contribution < -0.4 is 0 Å². The summed E-state index contributed by atoms with van der Waals surface area (Å²) in [5.41, 5.74) is 0. The minimum absolute atomic E-state index is 0.105. The molecule has 104 heavy (non-hydrogen) atoms. The summed E-state index contributed by atoms with van der Waals surface area (Å²) in [5, 5.41) is 10.7. The van der Waals surface area contributed by atoms with Crippen LogP contribution in [-0.2, 0) is 65.4 Å². The van der Waals surface area contributed by atoms with Crippen molar-refractivity contribution in [1.82, 2.24) is 0 Å². The first-order valence-corrected chi connectivity index (χ1v) is 46.9. The highest BCUT2D eigenvalue weighted by atomic mass is 31.2. The van der Waals surface area contributed by atoms with E-state index in [1.165, 1.54) is 257 Å². The molecule has 0 aliphatic carbocycles. The van der Waals surface area contributed by atoms with Gasteiger partial charge >= 0.3 is 39.5 Å². The van der Waals surface area contributed by atoms with Crippen LogP contribution in [0.5, 0.6) is 0 Å². The van der Waals surface area contributed by atoms with Gasteiger partial charge in [0.15, 0.2) is 12.2 Å². The monoisotopic (exact) mass is 1520 g/mol. The second-order valence-corrected chi connectivity index (χ2v) is 34.4. The van der Waals surface area contributed by atoms with E-state index in [4.69, 9.17) is 37.0 Å². The molecule has 618 valence electrons. The van der Waals surface area contributed by atoms with Gasteiger partial charge in [0.1, 0.15) is 19.3 Å². The number of carbonyl (C=O) groups is 4. The summed E-state index contributed by atoms with van der Waals surface area (Å²) in [6.07, 6.45) is 65.3. The largest absolute Gasteiger partial charge is 0.472 e. The van der Waals surface area contributed by atoms with Gasteiger partial charge in [0.2, 0.25) is 0 Å². The van der Waals surface area contributed by atoms with E-state index in [9.17, 15) is 43.2 Å². The maximum atomic E-state index is 13.1. The Kier molecular flexibility index (Phi) is 73.7. The highest BCUT2D eigenvalue weighted by molar-refractivity contribution is 7.47. The van der Waals surface area contributed by atoms with Gasteiger partial charge in [-0.1, -0.05) is 395 Å². The molecule has 0 fully saturated rings. The molecular formula is C85H166O17P2. The molecule has 17 nitrogen and oxygen atoms in total. The molecule has 4 unspecified atom stereocenters. The van der Waals surface area contributed by atoms with E-state index >= 15 is 0 Å². The molecule has 0 spiro atoms. The van der Waals surface area contributed by atoms with Gasteiger partial charge in [-0.05, 0) is 43.4 Å². The number of carbonyl (C=O) groups excluding carboxylic acids is 4. The van der Waals surface area contributed by atoms with Crippen molar-refractivity contribution in [2.24, 2.45) is 17.8 Å². The van der Waals surface area contributed by atoms with E-state index in [0.29, 0.717) is 25.7 Å². The second kappa shape index (κ2) is 75.1. The van der Waals surface area contributed by atoms with Gasteiger partial charge in [0.05, 0.1) is 26.4 Å². The average Bonchev–Trinajstić information content (AvgIpc) is 0.914. The van der Waals surface area contributed by atoms with Crippen LogP contribution in [-0.4, -0.2) is 96.7 Å². The average molecular weight is 1520 g/mol. The third-order valence-electron chi connectivity index (χ3n) is 20.6. The van der Waals surface area contributed by atoms with Gasteiger partial charge in [-0.15, -0.1) is 0 Å². The van der Waals surface area contributed by atoms with Gasteiger partial charge in [-0.2, -0.15) is 0 Å². The molecule has 0 saturated heterocycles. The fraction of sp³-hybridized carbons (Fsp3) is 0.953. The lowest BCUT2D eigenvalue weighted by Gasteiger charge is -2.21. The molecule has 0 aliphatic rings. The number of phosphoric ester groups is 2. The van der Waals surface area contributed by atoms with Gasteiger partial charge < -0.3 is 33.8 Å². The van der Waals surface area contributed by atoms with Gasteiger partial charge in [-0.3, -0.25) is 37.3 Å². The van der Waals surface area contributed by atoms with Crippen LogP contribution in [0.1, 0.15) is 447 Å². The van der Waals surface area contributed by atoms with Crippen molar-refractivity contribution in [3.63, 3.8) is 0 Å². The second-order valence-electron chi connectivity index (χ2n) is 31.5. The molecule has 0 aromatic rings. The Balaban J connectivity index is 5.24. The van der Waals surface area contributed by atoms with Gasteiger partial charge in [-0.25, -0.2) is 9.13 Å². The molecular weight excluding hydrogens is 1350 g/mol. The summed E-state index contributed by atoms with van der Waals surface area (Å²) in [5.74, 6) is 0.251. The predicted molar refractivity (Wildman–Crippen MR) is 428 cm³/mol. The van der Waals surface area contributed by atoms with Crippen molar-refractivity contribution in [2.75, 3.05) is 39.6 Å². The summed E-state index contributed by atoms with van der Waals surface area (Å²) >= 11 is 0. The first kappa shape index (κ1) is 102. The molecule has 0 aromatic heterocycles. The van der Waals surface area contributed by atoms with Crippen LogP contribution in [0.25, 0.3) is 0 Å². The van der Waals surface area contributed by atoms with E-state index in [1.807, 2.05) is 0 Å². The lowest BCUT2D eigenvalue weighted by molar-refractivity contribution is -0.161. The number of unbranched alkanes of at least 4 members (excludes halogenated alkanes) is 49. The van der Waals surface area contributed by atoms with Gasteiger partial charge in [0, 0.05) is 25.7 Å². The molecule has 3 N–H and O–H groups in total. The smallest absolute Gasteiger partial charge is 0.462 e. The molecule has 0 heterocycles. The fourth-order valence-electron chi connectivity index (χ4n) is 13.1. The number of ether oxygens (including phenoxy) is 4. The number of esters is 4. The molecule has 0 rings (SSSR count). The zero-order chi connectivity index (χ0) is 76.5. The lowest BCUT2D eigenvalue weighted by Crippen LogP contribution is -2.30. The van der Waals surface area contributed by atoms with E-state index < -0.39 is 97.5 Å². The minimum atomic E-state index is -4.97. The molecule has 19 heteroatoms. The molecule has 7 atom stereocenters. The van der Waals surface area contributed by atoms with Crippen LogP contribution >= 0.6 is 15.6 Å². The normalized spacial score (nSPS) is 14.4. The summed E-state index contributed by atoms with van der Waals surface area (Å²) in [6, 6.07) is 0. The number of rotatable bonds is 83. The third-order valence-corrected chi connectivity index (χ3v) is 22.5. The Labute approximate surface area is 638 Å². The van der Waals surface area contributed by atoms with Crippen LogP contribution in [0, 0.1) is 17.8 Å². The molecule has 0 aromatic carbocycles. The van der Waals surface area contributed by atoms with E-state index in [-0.39, 0.29) is 25.7 Å². The Morgan fingerprint density at radius 1 is 0.279 bits per heavy atom.